The van der Waals surface area contributed by atoms with Crippen LogP contribution < -0.4 is 5.32 Å². The van der Waals surface area contributed by atoms with Gasteiger partial charge in [-0.3, -0.25) is 9.69 Å². The molecule has 0 aliphatic carbocycles. The highest BCUT2D eigenvalue weighted by Gasteiger charge is 2.10. The van der Waals surface area contributed by atoms with Gasteiger partial charge in [0.05, 0.1) is 17.5 Å². The van der Waals surface area contributed by atoms with Crippen LogP contribution in [0.25, 0.3) is 0 Å². The fraction of sp³-hybridized carbons (Fsp3) is 0.583. The largest absolute Gasteiger partial charge is 0.383 e. The van der Waals surface area contributed by atoms with Crippen LogP contribution >= 0.6 is 22.9 Å². The molecule has 0 radical (unpaired) electrons. The second-order valence-corrected chi connectivity index (χ2v) is 6.10. The topological polar surface area (TPSA) is 41.6 Å². The molecule has 1 atom stereocenters. The Morgan fingerprint density at radius 2 is 2.33 bits per heavy atom. The van der Waals surface area contributed by atoms with Crippen molar-refractivity contribution < 1.29 is 9.53 Å². The van der Waals surface area contributed by atoms with Gasteiger partial charge in [-0.1, -0.05) is 11.6 Å². The molecular formula is C12H19ClN2O2S. The van der Waals surface area contributed by atoms with Gasteiger partial charge < -0.3 is 10.1 Å². The van der Waals surface area contributed by atoms with Crippen molar-refractivity contribution in [2.45, 2.75) is 19.5 Å². The van der Waals surface area contributed by atoms with Crippen molar-refractivity contribution in [2.75, 3.05) is 27.3 Å². The van der Waals surface area contributed by atoms with E-state index in [1.54, 1.807) is 7.11 Å². The van der Waals surface area contributed by atoms with Gasteiger partial charge in [0.1, 0.15) is 0 Å². The maximum atomic E-state index is 11.7. The SMILES string of the molecule is COCC(C)NC(=O)CN(C)Cc1ccc(Cl)s1. The molecule has 1 heterocycles. The zero-order chi connectivity index (χ0) is 13.5. The summed E-state index contributed by atoms with van der Waals surface area (Å²) in [6.45, 7) is 3.53. The zero-order valence-electron chi connectivity index (χ0n) is 10.9. The highest BCUT2D eigenvalue weighted by atomic mass is 35.5. The van der Waals surface area contributed by atoms with Gasteiger partial charge in [0.15, 0.2) is 0 Å². The average molecular weight is 291 g/mol. The van der Waals surface area contributed by atoms with Crippen LogP contribution in [-0.2, 0) is 16.1 Å². The van der Waals surface area contributed by atoms with Gasteiger partial charge in [0.25, 0.3) is 0 Å². The minimum Gasteiger partial charge on any atom is -0.383 e. The summed E-state index contributed by atoms with van der Waals surface area (Å²) >= 11 is 7.40. The Balaban J connectivity index is 2.31. The van der Waals surface area contributed by atoms with Gasteiger partial charge >= 0.3 is 0 Å². The average Bonchev–Trinajstić information content (AvgIpc) is 2.63. The van der Waals surface area contributed by atoms with Crippen molar-refractivity contribution in [1.82, 2.24) is 10.2 Å². The molecule has 4 nitrogen and oxygen atoms in total. The predicted molar refractivity (Wildman–Crippen MR) is 75.1 cm³/mol. The Morgan fingerprint density at radius 3 is 2.89 bits per heavy atom. The Morgan fingerprint density at radius 1 is 1.61 bits per heavy atom. The minimum absolute atomic E-state index is 0.00435. The van der Waals surface area contributed by atoms with E-state index >= 15 is 0 Å². The Kier molecular flexibility index (Phi) is 6.63. The van der Waals surface area contributed by atoms with Gasteiger partial charge in [-0.25, -0.2) is 0 Å². The first-order chi connectivity index (χ1) is 8.51. The molecule has 0 saturated carbocycles. The number of rotatable bonds is 7. The first-order valence-electron chi connectivity index (χ1n) is 5.72. The quantitative estimate of drug-likeness (QED) is 0.835. The molecule has 102 valence electrons. The molecule has 1 rings (SSSR count). The summed E-state index contributed by atoms with van der Waals surface area (Å²) in [6.07, 6.45) is 0. The van der Waals surface area contributed by atoms with E-state index in [-0.39, 0.29) is 11.9 Å². The Bertz CT molecular complexity index is 384. The maximum Gasteiger partial charge on any atom is 0.234 e. The van der Waals surface area contributed by atoms with Crippen molar-refractivity contribution in [3.05, 3.63) is 21.3 Å². The third kappa shape index (κ3) is 5.82. The number of nitrogens with one attached hydrogen (secondary N) is 1. The normalized spacial score (nSPS) is 12.7. The minimum atomic E-state index is 0.00435. The number of carbonyl (C=O) groups is 1. The van der Waals surface area contributed by atoms with Gasteiger partial charge in [0.2, 0.25) is 5.91 Å². The highest BCUT2D eigenvalue weighted by Crippen LogP contribution is 2.22. The van der Waals surface area contributed by atoms with Gasteiger partial charge in [-0.2, -0.15) is 0 Å². The van der Waals surface area contributed by atoms with E-state index in [4.69, 9.17) is 16.3 Å². The van der Waals surface area contributed by atoms with Crippen LogP contribution in [0.5, 0.6) is 0 Å². The monoisotopic (exact) mass is 290 g/mol. The van der Waals surface area contributed by atoms with Crippen molar-refractivity contribution in [3.63, 3.8) is 0 Å². The summed E-state index contributed by atoms with van der Waals surface area (Å²) in [6, 6.07) is 3.89. The second-order valence-electron chi connectivity index (χ2n) is 4.30. The lowest BCUT2D eigenvalue weighted by Crippen LogP contribution is -2.41. The van der Waals surface area contributed by atoms with Crippen molar-refractivity contribution >= 4 is 28.8 Å². The summed E-state index contributed by atoms with van der Waals surface area (Å²) in [5.41, 5.74) is 0. The zero-order valence-corrected chi connectivity index (χ0v) is 12.5. The highest BCUT2D eigenvalue weighted by molar-refractivity contribution is 7.16. The van der Waals surface area contributed by atoms with E-state index in [1.165, 1.54) is 11.3 Å². The van der Waals surface area contributed by atoms with Crippen LogP contribution in [0.1, 0.15) is 11.8 Å². The van der Waals surface area contributed by atoms with Crippen molar-refractivity contribution in [1.29, 1.82) is 0 Å². The van der Waals surface area contributed by atoms with Crippen molar-refractivity contribution in [3.8, 4) is 0 Å². The molecule has 0 aliphatic heterocycles. The lowest BCUT2D eigenvalue weighted by Gasteiger charge is -2.18. The molecule has 0 aromatic carbocycles. The van der Waals surface area contributed by atoms with Crippen molar-refractivity contribution in [2.24, 2.45) is 0 Å². The van der Waals surface area contributed by atoms with Crippen LogP contribution in [0.3, 0.4) is 0 Å². The smallest absolute Gasteiger partial charge is 0.234 e. The molecule has 1 aromatic heterocycles. The first kappa shape index (κ1) is 15.4. The van der Waals surface area contributed by atoms with E-state index < -0.39 is 0 Å². The number of carbonyl (C=O) groups excluding carboxylic acids is 1. The maximum absolute atomic E-state index is 11.7. The number of hydrogen-bond donors (Lipinski definition) is 1. The van der Waals surface area contributed by atoms with Gasteiger partial charge in [-0.15, -0.1) is 11.3 Å². The number of ether oxygens (including phenoxy) is 1. The number of likely N-dealkylation sites (N-methyl/N-ethyl adjacent to an activating group) is 1. The van der Waals surface area contributed by atoms with Crippen LogP contribution in [-0.4, -0.2) is 44.2 Å². The Labute approximate surface area is 117 Å². The third-order valence-corrected chi connectivity index (χ3v) is 3.51. The van der Waals surface area contributed by atoms with Gasteiger partial charge in [-0.05, 0) is 26.1 Å². The predicted octanol–water partition coefficient (Wildman–Crippen LogP) is 1.98. The Hall–Kier alpha value is -0.620. The number of nitrogens with zero attached hydrogens (tertiary/aromatic N) is 1. The number of thiophene rings is 1. The molecule has 1 aromatic rings. The summed E-state index contributed by atoms with van der Waals surface area (Å²) in [5.74, 6) is 0.00435. The van der Waals surface area contributed by atoms with Crippen LogP contribution in [0.2, 0.25) is 4.34 Å². The lowest BCUT2D eigenvalue weighted by atomic mass is 10.3. The van der Waals surface area contributed by atoms with E-state index in [2.05, 4.69) is 5.32 Å². The molecule has 0 spiro atoms. The third-order valence-electron chi connectivity index (χ3n) is 2.29. The molecule has 0 fully saturated rings. The summed E-state index contributed by atoms with van der Waals surface area (Å²) in [5, 5.41) is 2.87. The van der Waals surface area contributed by atoms with Crippen LogP contribution in [0.4, 0.5) is 0 Å². The standard InChI is InChI=1S/C12H19ClN2O2S/c1-9(8-17-3)14-12(16)7-15(2)6-10-4-5-11(13)18-10/h4-5,9H,6-8H2,1-3H3,(H,14,16). The van der Waals surface area contributed by atoms with Crippen LogP contribution in [0, 0.1) is 0 Å². The van der Waals surface area contributed by atoms with E-state index in [0.29, 0.717) is 13.2 Å². The number of methoxy groups -OCH3 is 1. The summed E-state index contributed by atoms with van der Waals surface area (Å²) in [4.78, 5) is 14.8. The molecular weight excluding hydrogens is 272 g/mol. The molecule has 1 amide bonds. The molecule has 0 aliphatic rings. The summed E-state index contributed by atoms with van der Waals surface area (Å²) < 4.78 is 5.74. The molecule has 18 heavy (non-hydrogen) atoms. The lowest BCUT2D eigenvalue weighted by molar-refractivity contribution is -0.123. The molecule has 0 bridgehead atoms. The second kappa shape index (κ2) is 7.74. The fourth-order valence-corrected chi connectivity index (χ4v) is 2.78. The van der Waals surface area contributed by atoms with Gasteiger partial charge in [0, 0.05) is 24.6 Å². The molecule has 0 saturated heterocycles. The summed E-state index contributed by atoms with van der Waals surface area (Å²) in [7, 11) is 3.53. The number of halogens is 1. The fourth-order valence-electron chi connectivity index (χ4n) is 1.62. The van der Waals surface area contributed by atoms with E-state index in [9.17, 15) is 4.79 Å². The first-order valence-corrected chi connectivity index (χ1v) is 6.91. The number of amides is 1. The van der Waals surface area contributed by atoms with E-state index in [1.807, 2.05) is 31.0 Å². The van der Waals surface area contributed by atoms with E-state index in [0.717, 1.165) is 15.8 Å². The molecule has 1 unspecified atom stereocenters. The molecule has 1 N–H and O–H groups in total. The number of hydrogen-bond acceptors (Lipinski definition) is 4. The van der Waals surface area contributed by atoms with Crippen LogP contribution in [0.15, 0.2) is 12.1 Å². The molecule has 6 heteroatoms.